The Kier molecular flexibility index (Phi) is 11.2. The van der Waals surface area contributed by atoms with Crippen LogP contribution in [0.2, 0.25) is 0 Å². The second-order valence-corrected chi connectivity index (χ2v) is 10.9. The molecule has 0 saturated heterocycles. The van der Waals surface area contributed by atoms with Gasteiger partial charge in [0.05, 0.1) is 0 Å². The van der Waals surface area contributed by atoms with Crippen molar-refractivity contribution in [2.75, 3.05) is 13.2 Å². The van der Waals surface area contributed by atoms with Crippen molar-refractivity contribution in [2.24, 2.45) is 0 Å². The molecule has 0 aliphatic heterocycles. The van der Waals surface area contributed by atoms with E-state index in [4.69, 9.17) is 4.74 Å². The zero-order valence-electron chi connectivity index (χ0n) is 25.1. The maximum atomic E-state index is 13.9. The number of aliphatic hydroxyl groups is 2. The van der Waals surface area contributed by atoms with E-state index >= 15 is 0 Å². The molecule has 2 N–H and O–H groups in total. The summed E-state index contributed by atoms with van der Waals surface area (Å²) in [6, 6.07) is 27.6. The van der Waals surface area contributed by atoms with E-state index in [2.05, 4.69) is 62.0 Å². The van der Waals surface area contributed by atoms with Crippen LogP contribution < -0.4 is 4.74 Å². The molecule has 222 valence electrons. The van der Waals surface area contributed by atoms with Crippen molar-refractivity contribution in [3.05, 3.63) is 125 Å². The first-order valence-corrected chi connectivity index (χ1v) is 14.9. The molecule has 4 aromatic carbocycles. The molecule has 0 aliphatic rings. The summed E-state index contributed by atoms with van der Waals surface area (Å²) in [5.74, 6) is -0.631. The maximum absolute atomic E-state index is 13.9. The van der Waals surface area contributed by atoms with E-state index in [0.29, 0.717) is 29.5 Å². The molecule has 4 aromatic rings. The molecule has 0 heterocycles. The van der Waals surface area contributed by atoms with Gasteiger partial charge in [0, 0.05) is 29.9 Å². The summed E-state index contributed by atoms with van der Waals surface area (Å²) in [6.07, 6.45) is 5.41. The van der Waals surface area contributed by atoms with Crippen molar-refractivity contribution in [2.45, 2.75) is 52.4 Å². The molecule has 0 aromatic heterocycles. The van der Waals surface area contributed by atoms with E-state index in [0.717, 1.165) is 34.2 Å². The highest BCUT2D eigenvalue weighted by Crippen LogP contribution is 2.29. The number of aliphatic hydroxyl groups excluding tert-OH is 2. The van der Waals surface area contributed by atoms with E-state index in [1.807, 2.05) is 18.2 Å². The average Bonchev–Trinajstić information content (AvgIpc) is 3.01. The number of ether oxygens (including phenoxy) is 1. The molecule has 0 radical (unpaired) electrons. The number of hydrogen-bond donors (Lipinski definition) is 2. The van der Waals surface area contributed by atoms with Gasteiger partial charge >= 0.3 is 5.97 Å². The number of benzene rings is 4. The van der Waals surface area contributed by atoms with Crippen LogP contribution >= 0.6 is 0 Å². The fraction of sp³-hybridized carbons (Fsp3) is 0.263. The molecular weight excluding hydrogens is 536 g/mol. The summed E-state index contributed by atoms with van der Waals surface area (Å²) in [7, 11) is 0. The molecule has 0 amide bonds. The van der Waals surface area contributed by atoms with Crippen molar-refractivity contribution in [3.63, 3.8) is 0 Å². The Hall–Kier alpha value is -4.32. The smallest absolute Gasteiger partial charge is 0.338 e. The Labute approximate surface area is 254 Å². The van der Waals surface area contributed by atoms with E-state index in [1.165, 1.54) is 30.9 Å². The highest BCUT2D eigenvalue weighted by atomic mass is 16.5. The van der Waals surface area contributed by atoms with Gasteiger partial charge in [0.15, 0.2) is 5.78 Å². The molecule has 0 saturated carbocycles. The van der Waals surface area contributed by atoms with Gasteiger partial charge in [-0.1, -0.05) is 87.0 Å². The number of esters is 1. The van der Waals surface area contributed by atoms with Gasteiger partial charge in [-0.3, -0.25) is 4.79 Å². The molecule has 5 heteroatoms. The summed E-state index contributed by atoms with van der Waals surface area (Å²) >= 11 is 0. The number of carbonyl (C=O) groups is 2. The second-order valence-electron chi connectivity index (χ2n) is 10.9. The Morgan fingerprint density at radius 2 is 1.30 bits per heavy atom. The van der Waals surface area contributed by atoms with Gasteiger partial charge in [-0.05, 0) is 95.8 Å². The van der Waals surface area contributed by atoms with Crippen LogP contribution in [0.1, 0.15) is 65.7 Å². The van der Waals surface area contributed by atoms with Crippen molar-refractivity contribution >= 4 is 11.8 Å². The van der Waals surface area contributed by atoms with Crippen LogP contribution in [-0.2, 0) is 24.1 Å². The molecular formula is C38H40O5. The lowest BCUT2D eigenvalue weighted by atomic mass is 9.91. The second kappa shape index (κ2) is 15.2. The standard InChI is InChI=1S/C38H40O5/c1-4-5-6-7-27-8-10-29(11-9-27)30-12-14-31(15-13-30)33-17-16-32(19-21-40)36(25-33)37(41)34-22-28(18-20-39)23-35(24-34)43-38(42)26(2)3/h8-17,22-25,39-40H,2,4-7,18-21H2,1,3H3. The fourth-order valence-corrected chi connectivity index (χ4v) is 5.08. The molecule has 4 rings (SSSR count). The topological polar surface area (TPSA) is 83.8 Å². The summed E-state index contributed by atoms with van der Waals surface area (Å²) in [6.45, 7) is 7.17. The average molecular weight is 577 g/mol. The zero-order chi connectivity index (χ0) is 30.8. The summed E-state index contributed by atoms with van der Waals surface area (Å²) in [4.78, 5) is 26.1. The van der Waals surface area contributed by atoms with Gasteiger partial charge in [-0.25, -0.2) is 4.79 Å². The number of carbonyl (C=O) groups excluding carboxylic acids is 2. The molecule has 5 nitrogen and oxygen atoms in total. The van der Waals surface area contributed by atoms with Gasteiger partial charge in [0.2, 0.25) is 0 Å². The highest BCUT2D eigenvalue weighted by Gasteiger charge is 2.18. The van der Waals surface area contributed by atoms with Crippen LogP contribution in [0.4, 0.5) is 0 Å². The Bertz CT molecular complexity index is 1570. The van der Waals surface area contributed by atoms with Crippen molar-refractivity contribution in [3.8, 4) is 28.0 Å². The first kappa shape index (κ1) is 31.6. The molecule has 43 heavy (non-hydrogen) atoms. The third-order valence-electron chi connectivity index (χ3n) is 7.50. The quantitative estimate of drug-likeness (QED) is 0.0533. The van der Waals surface area contributed by atoms with Gasteiger partial charge in [0.1, 0.15) is 5.75 Å². The largest absolute Gasteiger partial charge is 0.423 e. The Morgan fingerprint density at radius 1 is 0.698 bits per heavy atom. The Morgan fingerprint density at radius 3 is 1.91 bits per heavy atom. The normalized spacial score (nSPS) is 10.9. The summed E-state index contributed by atoms with van der Waals surface area (Å²) in [5.41, 5.74) is 7.91. The van der Waals surface area contributed by atoms with E-state index in [9.17, 15) is 19.8 Å². The van der Waals surface area contributed by atoms with E-state index in [-0.39, 0.29) is 30.3 Å². The fourth-order valence-electron chi connectivity index (χ4n) is 5.08. The number of ketones is 1. The molecule has 0 fully saturated rings. The Balaban J connectivity index is 1.63. The lowest BCUT2D eigenvalue weighted by Gasteiger charge is -2.14. The molecule has 0 aliphatic carbocycles. The monoisotopic (exact) mass is 576 g/mol. The van der Waals surface area contributed by atoms with Crippen molar-refractivity contribution < 1.29 is 24.5 Å². The summed E-state index contributed by atoms with van der Waals surface area (Å²) in [5, 5.41) is 19.2. The number of rotatable bonds is 14. The van der Waals surface area contributed by atoms with Crippen LogP contribution in [-0.4, -0.2) is 35.2 Å². The lowest BCUT2D eigenvalue weighted by Crippen LogP contribution is -2.11. The zero-order valence-corrected chi connectivity index (χ0v) is 25.1. The van der Waals surface area contributed by atoms with Gasteiger partial charge in [-0.2, -0.15) is 0 Å². The van der Waals surface area contributed by atoms with E-state index < -0.39 is 5.97 Å². The minimum absolute atomic E-state index is 0.0995. The van der Waals surface area contributed by atoms with Crippen molar-refractivity contribution in [1.29, 1.82) is 0 Å². The van der Waals surface area contributed by atoms with E-state index in [1.54, 1.807) is 19.1 Å². The maximum Gasteiger partial charge on any atom is 0.338 e. The van der Waals surface area contributed by atoms with Crippen LogP contribution in [0.5, 0.6) is 5.75 Å². The molecule has 0 bridgehead atoms. The van der Waals surface area contributed by atoms with Crippen LogP contribution in [0.3, 0.4) is 0 Å². The summed E-state index contributed by atoms with van der Waals surface area (Å²) < 4.78 is 5.42. The molecule has 0 atom stereocenters. The number of hydrogen-bond acceptors (Lipinski definition) is 5. The lowest BCUT2D eigenvalue weighted by molar-refractivity contribution is -0.130. The van der Waals surface area contributed by atoms with Crippen LogP contribution in [0.15, 0.2) is 97.1 Å². The minimum atomic E-state index is -0.589. The first-order valence-electron chi connectivity index (χ1n) is 14.9. The van der Waals surface area contributed by atoms with Gasteiger partial charge in [0.25, 0.3) is 0 Å². The first-order chi connectivity index (χ1) is 20.8. The number of unbranched alkanes of at least 4 members (excludes halogenated alkanes) is 2. The van der Waals surface area contributed by atoms with Gasteiger partial charge < -0.3 is 14.9 Å². The molecule has 0 unspecified atom stereocenters. The third kappa shape index (κ3) is 8.38. The van der Waals surface area contributed by atoms with Gasteiger partial charge in [-0.15, -0.1) is 0 Å². The third-order valence-corrected chi connectivity index (χ3v) is 7.50. The predicted octanol–water partition coefficient (Wildman–Crippen LogP) is 7.54. The predicted molar refractivity (Wildman–Crippen MR) is 172 cm³/mol. The van der Waals surface area contributed by atoms with Crippen LogP contribution in [0.25, 0.3) is 22.3 Å². The molecule has 0 spiro atoms. The van der Waals surface area contributed by atoms with Crippen molar-refractivity contribution in [1.82, 2.24) is 0 Å². The SMILES string of the molecule is C=C(C)C(=O)Oc1cc(CCO)cc(C(=O)c2cc(-c3ccc(-c4ccc(CCCCC)cc4)cc3)ccc2CCO)c1. The van der Waals surface area contributed by atoms with Crippen LogP contribution in [0, 0.1) is 0 Å². The minimum Gasteiger partial charge on any atom is -0.423 e. The highest BCUT2D eigenvalue weighted by molar-refractivity contribution is 6.11. The number of aryl methyl sites for hydroxylation is 1.